The minimum Gasteiger partial charge on any atom is -0.469 e. The van der Waals surface area contributed by atoms with E-state index in [-0.39, 0.29) is 11.9 Å². The van der Waals surface area contributed by atoms with Gasteiger partial charge in [0.05, 0.1) is 17.9 Å². The molecular weight excluding hydrogens is 238 g/mol. The minimum absolute atomic E-state index is 0.0482. The smallest absolute Gasteiger partial charge is 0.255 e. The molecule has 3 heteroatoms. The van der Waals surface area contributed by atoms with Crippen LogP contribution in [0.25, 0.3) is 0 Å². The second-order valence-electron chi connectivity index (χ2n) is 5.01. The summed E-state index contributed by atoms with van der Waals surface area (Å²) in [4.78, 5) is 12.2. The van der Waals surface area contributed by atoms with Crippen LogP contribution in [0.5, 0.6) is 0 Å². The minimum atomic E-state index is -0.0482. The quantitative estimate of drug-likeness (QED) is 0.893. The Balaban J connectivity index is 1.82. The van der Waals surface area contributed by atoms with Gasteiger partial charge in [-0.05, 0) is 43.4 Å². The van der Waals surface area contributed by atoms with Crippen LogP contribution in [0.15, 0.2) is 41.0 Å². The van der Waals surface area contributed by atoms with Crippen LogP contribution in [0, 0.1) is 6.92 Å². The molecular formula is C16H17NO2. The van der Waals surface area contributed by atoms with Crippen LogP contribution in [0.2, 0.25) is 0 Å². The highest BCUT2D eigenvalue weighted by molar-refractivity contribution is 5.95. The Bertz CT molecular complexity index is 600. The molecule has 1 aliphatic carbocycles. The van der Waals surface area contributed by atoms with Crippen LogP contribution in [0.4, 0.5) is 0 Å². The molecule has 1 N–H and O–H groups in total. The van der Waals surface area contributed by atoms with E-state index in [1.54, 1.807) is 12.3 Å². The number of benzene rings is 1. The number of rotatable bonds is 2. The van der Waals surface area contributed by atoms with Crippen LogP contribution < -0.4 is 5.32 Å². The second kappa shape index (κ2) is 4.92. The summed E-state index contributed by atoms with van der Waals surface area (Å²) in [6, 6.07) is 10.2. The lowest BCUT2D eigenvalue weighted by atomic mass is 9.87. The van der Waals surface area contributed by atoms with Crippen molar-refractivity contribution in [3.05, 3.63) is 59.0 Å². The summed E-state index contributed by atoms with van der Waals surface area (Å²) in [7, 11) is 0. The average molecular weight is 255 g/mol. The van der Waals surface area contributed by atoms with E-state index in [1.165, 1.54) is 11.1 Å². The summed E-state index contributed by atoms with van der Waals surface area (Å²) in [6.45, 7) is 1.81. The third kappa shape index (κ3) is 2.28. The molecule has 0 radical (unpaired) electrons. The molecule has 1 atom stereocenters. The standard InChI is InChI=1S/C16H17NO2/c1-11-13(9-10-19-11)16(18)17-15-8-4-6-12-5-2-3-7-14(12)15/h2-3,5,7,9-10,15H,4,6,8H2,1H3,(H,17,18)/t15-/m1/s1. The predicted molar refractivity (Wildman–Crippen MR) is 73.0 cm³/mol. The number of fused-ring (bicyclic) bond motifs is 1. The molecule has 1 heterocycles. The lowest BCUT2D eigenvalue weighted by molar-refractivity contribution is 0.0931. The van der Waals surface area contributed by atoms with E-state index in [4.69, 9.17) is 4.42 Å². The fourth-order valence-corrected chi connectivity index (χ4v) is 2.76. The van der Waals surface area contributed by atoms with Gasteiger partial charge in [-0.3, -0.25) is 4.79 Å². The molecule has 1 aromatic carbocycles. The maximum absolute atomic E-state index is 12.2. The van der Waals surface area contributed by atoms with Gasteiger partial charge in [-0.25, -0.2) is 0 Å². The molecule has 0 unspecified atom stereocenters. The number of furan rings is 1. The van der Waals surface area contributed by atoms with E-state index in [9.17, 15) is 4.79 Å². The Morgan fingerprint density at radius 1 is 1.32 bits per heavy atom. The van der Waals surface area contributed by atoms with Crippen molar-refractivity contribution >= 4 is 5.91 Å². The molecule has 0 saturated heterocycles. The van der Waals surface area contributed by atoms with E-state index < -0.39 is 0 Å². The van der Waals surface area contributed by atoms with E-state index in [0.29, 0.717) is 11.3 Å². The van der Waals surface area contributed by atoms with Gasteiger partial charge in [0, 0.05) is 0 Å². The first kappa shape index (κ1) is 12.0. The van der Waals surface area contributed by atoms with Crippen molar-refractivity contribution in [2.45, 2.75) is 32.2 Å². The van der Waals surface area contributed by atoms with Gasteiger partial charge in [0.15, 0.2) is 0 Å². The molecule has 1 aromatic heterocycles. The van der Waals surface area contributed by atoms with Crippen LogP contribution in [0.1, 0.15) is 46.1 Å². The zero-order valence-corrected chi connectivity index (χ0v) is 11.0. The van der Waals surface area contributed by atoms with E-state index in [1.807, 2.05) is 13.0 Å². The molecule has 19 heavy (non-hydrogen) atoms. The molecule has 3 nitrogen and oxygen atoms in total. The predicted octanol–water partition coefficient (Wildman–Crippen LogP) is 3.40. The Hall–Kier alpha value is -2.03. The first-order chi connectivity index (χ1) is 9.25. The van der Waals surface area contributed by atoms with E-state index in [0.717, 1.165) is 19.3 Å². The number of carbonyl (C=O) groups is 1. The number of carbonyl (C=O) groups excluding carboxylic acids is 1. The second-order valence-corrected chi connectivity index (χ2v) is 5.01. The lowest BCUT2D eigenvalue weighted by Gasteiger charge is -2.26. The third-order valence-electron chi connectivity index (χ3n) is 3.78. The van der Waals surface area contributed by atoms with Crippen molar-refractivity contribution in [3.8, 4) is 0 Å². The molecule has 0 spiro atoms. The molecule has 0 bridgehead atoms. The van der Waals surface area contributed by atoms with Crippen molar-refractivity contribution in [1.29, 1.82) is 0 Å². The van der Waals surface area contributed by atoms with Crippen LogP contribution in [0.3, 0.4) is 0 Å². The summed E-state index contributed by atoms with van der Waals surface area (Å²) < 4.78 is 5.18. The van der Waals surface area contributed by atoms with Crippen molar-refractivity contribution in [3.63, 3.8) is 0 Å². The summed E-state index contributed by atoms with van der Waals surface area (Å²) >= 11 is 0. The fraction of sp³-hybridized carbons (Fsp3) is 0.312. The van der Waals surface area contributed by atoms with Gasteiger partial charge >= 0.3 is 0 Å². The summed E-state index contributed by atoms with van der Waals surface area (Å²) in [6.07, 6.45) is 4.78. The Kier molecular flexibility index (Phi) is 3.11. The maximum Gasteiger partial charge on any atom is 0.255 e. The van der Waals surface area contributed by atoms with Crippen LogP contribution in [-0.2, 0) is 6.42 Å². The Labute approximate surface area is 112 Å². The number of aryl methyl sites for hydroxylation is 2. The van der Waals surface area contributed by atoms with E-state index in [2.05, 4.69) is 23.5 Å². The van der Waals surface area contributed by atoms with Crippen molar-refractivity contribution in [2.24, 2.45) is 0 Å². The molecule has 1 aliphatic rings. The van der Waals surface area contributed by atoms with Gasteiger partial charge in [-0.1, -0.05) is 24.3 Å². The Morgan fingerprint density at radius 2 is 2.16 bits per heavy atom. The fourth-order valence-electron chi connectivity index (χ4n) is 2.76. The summed E-state index contributed by atoms with van der Waals surface area (Å²) in [5.41, 5.74) is 3.23. The van der Waals surface area contributed by atoms with Gasteiger partial charge in [0.25, 0.3) is 5.91 Å². The van der Waals surface area contributed by atoms with Crippen molar-refractivity contribution < 1.29 is 9.21 Å². The first-order valence-electron chi connectivity index (χ1n) is 6.68. The first-order valence-corrected chi connectivity index (χ1v) is 6.68. The highest BCUT2D eigenvalue weighted by atomic mass is 16.3. The van der Waals surface area contributed by atoms with Crippen LogP contribution >= 0.6 is 0 Å². The number of hydrogen-bond donors (Lipinski definition) is 1. The molecule has 0 saturated carbocycles. The van der Waals surface area contributed by atoms with Gasteiger partial charge in [0.2, 0.25) is 0 Å². The monoisotopic (exact) mass is 255 g/mol. The molecule has 3 rings (SSSR count). The average Bonchev–Trinajstić information content (AvgIpc) is 2.85. The number of amides is 1. The molecule has 2 aromatic rings. The van der Waals surface area contributed by atoms with Crippen molar-refractivity contribution in [1.82, 2.24) is 5.32 Å². The topological polar surface area (TPSA) is 42.2 Å². The summed E-state index contributed by atoms with van der Waals surface area (Å²) in [5, 5.41) is 3.12. The van der Waals surface area contributed by atoms with Gasteiger partial charge in [-0.2, -0.15) is 0 Å². The largest absolute Gasteiger partial charge is 0.469 e. The Morgan fingerprint density at radius 3 is 2.95 bits per heavy atom. The van der Waals surface area contributed by atoms with E-state index >= 15 is 0 Å². The number of nitrogens with one attached hydrogen (secondary N) is 1. The SMILES string of the molecule is Cc1occc1C(=O)N[C@@H]1CCCc2ccccc21. The van der Waals surface area contributed by atoms with Gasteiger partial charge < -0.3 is 9.73 Å². The van der Waals surface area contributed by atoms with Crippen molar-refractivity contribution in [2.75, 3.05) is 0 Å². The van der Waals surface area contributed by atoms with Gasteiger partial charge in [-0.15, -0.1) is 0 Å². The zero-order chi connectivity index (χ0) is 13.2. The third-order valence-corrected chi connectivity index (χ3v) is 3.78. The highest BCUT2D eigenvalue weighted by Gasteiger charge is 2.22. The number of hydrogen-bond acceptors (Lipinski definition) is 2. The summed E-state index contributed by atoms with van der Waals surface area (Å²) in [5.74, 6) is 0.620. The molecule has 98 valence electrons. The van der Waals surface area contributed by atoms with Crippen LogP contribution in [-0.4, -0.2) is 5.91 Å². The molecule has 0 fully saturated rings. The zero-order valence-electron chi connectivity index (χ0n) is 11.0. The normalized spacial score (nSPS) is 17.8. The molecule has 1 amide bonds. The van der Waals surface area contributed by atoms with Gasteiger partial charge in [0.1, 0.15) is 5.76 Å². The lowest BCUT2D eigenvalue weighted by Crippen LogP contribution is -2.31. The molecule has 0 aliphatic heterocycles. The highest BCUT2D eigenvalue weighted by Crippen LogP contribution is 2.29. The maximum atomic E-state index is 12.2.